The van der Waals surface area contributed by atoms with Crippen LogP contribution in [0.15, 0.2) is 0 Å². The van der Waals surface area contributed by atoms with Crippen molar-refractivity contribution in [1.82, 2.24) is 10.6 Å². The minimum Gasteiger partial charge on any atom is -0.350 e. The molecule has 0 radical (unpaired) electrons. The molecule has 0 saturated heterocycles. The third kappa shape index (κ3) is 3.39. The van der Waals surface area contributed by atoms with Crippen molar-refractivity contribution in [1.29, 1.82) is 0 Å². The molecule has 1 aliphatic carbocycles. The van der Waals surface area contributed by atoms with Gasteiger partial charge >= 0.3 is 0 Å². The summed E-state index contributed by atoms with van der Waals surface area (Å²) in [6.07, 6.45) is 9.68. The van der Waals surface area contributed by atoms with E-state index in [4.69, 9.17) is 6.42 Å². The number of nitrogens with one attached hydrogen (secondary N) is 2. The fraction of sp³-hybridized carbons (Fsp3) is 0.727. The highest BCUT2D eigenvalue weighted by Crippen LogP contribution is 2.28. The lowest BCUT2D eigenvalue weighted by Crippen LogP contribution is -2.47. The molecule has 3 heteroatoms. The minimum atomic E-state index is 0.0227. The highest BCUT2D eigenvalue weighted by Gasteiger charge is 2.29. The van der Waals surface area contributed by atoms with Gasteiger partial charge in [0.2, 0.25) is 5.91 Å². The van der Waals surface area contributed by atoms with Crippen LogP contribution in [0.25, 0.3) is 0 Å². The smallest absolute Gasteiger partial charge is 0.234 e. The van der Waals surface area contributed by atoms with Crippen molar-refractivity contribution in [2.75, 3.05) is 13.1 Å². The average molecular weight is 194 g/mol. The van der Waals surface area contributed by atoms with Gasteiger partial charge in [0.1, 0.15) is 0 Å². The molecule has 0 spiro atoms. The maximum Gasteiger partial charge on any atom is 0.234 e. The predicted molar refractivity (Wildman–Crippen MR) is 56.7 cm³/mol. The van der Waals surface area contributed by atoms with Gasteiger partial charge in [-0.1, -0.05) is 18.8 Å². The van der Waals surface area contributed by atoms with Crippen molar-refractivity contribution in [2.24, 2.45) is 0 Å². The second-order valence-corrected chi connectivity index (χ2v) is 4.12. The highest BCUT2D eigenvalue weighted by molar-refractivity contribution is 5.78. The van der Waals surface area contributed by atoms with Gasteiger partial charge in [0.25, 0.3) is 0 Å². The van der Waals surface area contributed by atoms with E-state index in [1.807, 2.05) is 0 Å². The maximum atomic E-state index is 11.4. The molecule has 1 amide bonds. The van der Waals surface area contributed by atoms with Gasteiger partial charge in [-0.15, -0.1) is 6.42 Å². The van der Waals surface area contributed by atoms with Gasteiger partial charge in [-0.2, -0.15) is 0 Å². The molecule has 0 aromatic rings. The van der Waals surface area contributed by atoms with Crippen LogP contribution in [0.5, 0.6) is 0 Å². The van der Waals surface area contributed by atoms with E-state index >= 15 is 0 Å². The summed E-state index contributed by atoms with van der Waals surface area (Å²) >= 11 is 0. The topological polar surface area (TPSA) is 41.1 Å². The maximum absolute atomic E-state index is 11.4. The first-order valence-electron chi connectivity index (χ1n) is 5.11. The second-order valence-electron chi connectivity index (χ2n) is 4.12. The molecule has 14 heavy (non-hydrogen) atoms. The minimum absolute atomic E-state index is 0.0227. The van der Waals surface area contributed by atoms with E-state index in [9.17, 15) is 4.79 Å². The number of rotatable bonds is 4. The molecule has 1 fully saturated rings. The lowest BCUT2D eigenvalue weighted by Gasteiger charge is -2.25. The molecule has 78 valence electrons. The van der Waals surface area contributed by atoms with E-state index in [1.54, 1.807) is 0 Å². The molecular weight excluding hydrogens is 176 g/mol. The Bertz CT molecular complexity index is 236. The zero-order valence-corrected chi connectivity index (χ0v) is 8.73. The van der Waals surface area contributed by atoms with Crippen molar-refractivity contribution in [3.63, 3.8) is 0 Å². The van der Waals surface area contributed by atoms with Gasteiger partial charge in [-0.05, 0) is 19.8 Å². The van der Waals surface area contributed by atoms with E-state index in [0.29, 0.717) is 13.1 Å². The van der Waals surface area contributed by atoms with Gasteiger partial charge in [0.05, 0.1) is 13.1 Å². The fourth-order valence-corrected chi connectivity index (χ4v) is 1.91. The Morgan fingerprint density at radius 1 is 1.50 bits per heavy atom. The molecule has 0 aromatic carbocycles. The van der Waals surface area contributed by atoms with Crippen molar-refractivity contribution in [3.8, 4) is 12.3 Å². The number of terminal acetylenes is 1. The van der Waals surface area contributed by atoms with Crippen LogP contribution in [0.1, 0.15) is 32.6 Å². The molecule has 0 unspecified atom stereocenters. The summed E-state index contributed by atoms with van der Waals surface area (Å²) in [4.78, 5) is 11.4. The Morgan fingerprint density at radius 2 is 2.14 bits per heavy atom. The summed E-state index contributed by atoms with van der Waals surface area (Å²) in [5, 5.41) is 5.92. The molecule has 2 N–H and O–H groups in total. The molecule has 0 aromatic heterocycles. The van der Waals surface area contributed by atoms with Crippen molar-refractivity contribution >= 4 is 5.91 Å². The Balaban J connectivity index is 2.23. The quantitative estimate of drug-likeness (QED) is 0.510. The van der Waals surface area contributed by atoms with Gasteiger partial charge in [0.15, 0.2) is 0 Å². The highest BCUT2D eigenvalue weighted by atomic mass is 16.2. The molecule has 1 saturated carbocycles. The van der Waals surface area contributed by atoms with Gasteiger partial charge < -0.3 is 5.32 Å². The molecule has 0 bridgehead atoms. The summed E-state index contributed by atoms with van der Waals surface area (Å²) in [5.74, 6) is 2.48. The van der Waals surface area contributed by atoms with Crippen LogP contribution in [0.2, 0.25) is 0 Å². The summed E-state index contributed by atoms with van der Waals surface area (Å²) in [6, 6.07) is 0. The number of hydrogen-bond donors (Lipinski definition) is 2. The van der Waals surface area contributed by atoms with Crippen LogP contribution in [0.3, 0.4) is 0 Å². The molecule has 3 nitrogen and oxygen atoms in total. The summed E-state index contributed by atoms with van der Waals surface area (Å²) in [5.41, 5.74) is 0.0227. The zero-order valence-electron chi connectivity index (χ0n) is 8.73. The summed E-state index contributed by atoms with van der Waals surface area (Å²) in [6.45, 7) is 2.88. The Morgan fingerprint density at radius 3 is 2.71 bits per heavy atom. The lowest BCUT2D eigenvalue weighted by molar-refractivity contribution is -0.121. The first-order chi connectivity index (χ1) is 6.66. The van der Waals surface area contributed by atoms with Crippen LogP contribution < -0.4 is 10.6 Å². The van der Waals surface area contributed by atoms with Crippen molar-refractivity contribution < 1.29 is 4.79 Å². The van der Waals surface area contributed by atoms with Crippen LogP contribution in [0.4, 0.5) is 0 Å². The van der Waals surface area contributed by atoms with Crippen LogP contribution in [-0.4, -0.2) is 24.5 Å². The predicted octanol–water partition coefficient (Wildman–Crippen LogP) is 0.658. The standard InChI is InChI=1S/C11H18N2O/c1-3-8-12-9-10(14)13-11(2)6-4-5-7-11/h1,12H,4-9H2,2H3,(H,13,14). The van der Waals surface area contributed by atoms with Crippen LogP contribution >= 0.6 is 0 Å². The monoisotopic (exact) mass is 194 g/mol. The zero-order chi connectivity index (χ0) is 10.4. The molecule has 0 atom stereocenters. The third-order valence-electron chi connectivity index (χ3n) is 2.66. The van der Waals surface area contributed by atoms with E-state index in [0.717, 1.165) is 12.8 Å². The molecular formula is C11H18N2O. The molecule has 1 aliphatic rings. The SMILES string of the molecule is C#CCNCC(=O)NC1(C)CCCC1. The number of amides is 1. The Hall–Kier alpha value is -1.01. The number of hydrogen-bond acceptors (Lipinski definition) is 2. The lowest BCUT2D eigenvalue weighted by atomic mass is 10.0. The first kappa shape index (κ1) is 11.1. The van der Waals surface area contributed by atoms with Gasteiger partial charge in [0, 0.05) is 5.54 Å². The molecule has 0 aliphatic heterocycles. The van der Waals surface area contributed by atoms with E-state index < -0.39 is 0 Å². The molecule has 0 heterocycles. The number of carbonyl (C=O) groups is 1. The first-order valence-corrected chi connectivity index (χ1v) is 5.11. The van der Waals surface area contributed by atoms with Crippen LogP contribution in [0, 0.1) is 12.3 Å². The second kappa shape index (κ2) is 5.02. The number of carbonyl (C=O) groups excluding carboxylic acids is 1. The normalized spacial score (nSPS) is 18.9. The Labute approximate surface area is 85.6 Å². The summed E-state index contributed by atoms with van der Waals surface area (Å²) < 4.78 is 0. The molecule has 1 rings (SSSR count). The third-order valence-corrected chi connectivity index (χ3v) is 2.66. The summed E-state index contributed by atoms with van der Waals surface area (Å²) in [7, 11) is 0. The van der Waals surface area contributed by atoms with E-state index in [1.165, 1.54) is 12.8 Å². The van der Waals surface area contributed by atoms with E-state index in [-0.39, 0.29) is 11.4 Å². The largest absolute Gasteiger partial charge is 0.350 e. The van der Waals surface area contributed by atoms with Crippen molar-refractivity contribution in [2.45, 2.75) is 38.1 Å². The van der Waals surface area contributed by atoms with E-state index in [2.05, 4.69) is 23.5 Å². The van der Waals surface area contributed by atoms with Gasteiger partial charge in [-0.25, -0.2) is 0 Å². The van der Waals surface area contributed by atoms with Gasteiger partial charge in [-0.3, -0.25) is 10.1 Å². The fourth-order valence-electron chi connectivity index (χ4n) is 1.91. The average Bonchev–Trinajstić information content (AvgIpc) is 2.52. The van der Waals surface area contributed by atoms with Crippen molar-refractivity contribution in [3.05, 3.63) is 0 Å². The van der Waals surface area contributed by atoms with Crippen LogP contribution in [-0.2, 0) is 4.79 Å². The Kier molecular flexibility index (Phi) is 3.97.